The summed E-state index contributed by atoms with van der Waals surface area (Å²) in [6.07, 6.45) is 5.28. The maximum atomic E-state index is 4.27. The molecule has 0 aliphatic rings. The highest BCUT2D eigenvalue weighted by atomic mass is 15.3. The zero-order valence-electron chi connectivity index (χ0n) is 14.8. The van der Waals surface area contributed by atoms with Crippen LogP contribution in [-0.4, -0.2) is 45.9 Å². The molecule has 1 unspecified atom stereocenters. The van der Waals surface area contributed by atoms with E-state index in [-0.39, 0.29) is 5.54 Å². The Balaban J connectivity index is 2.76. The largest absolute Gasteiger partial charge is 0.312 e. The molecule has 1 aromatic rings. The van der Waals surface area contributed by atoms with Gasteiger partial charge in [-0.15, -0.1) is 0 Å². The van der Waals surface area contributed by atoms with Gasteiger partial charge in [0.05, 0.1) is 0 Å². The molecule has 0 aliphatic heterocycles. The van der Waals surface area contributed by atoms with Crippen molar-refractivity contribution >= 4 is 0 Å². The maximum absolute atomic E-state index is 4.27. The third-order valence-electron chi connectivity index (χ3n) is 4.68. The topological polar surface area (TPSA) is 33.1 Å². The van der Waals surface area contributed by atoms with Crippen LogP contribution < -0.4 is 5.32 Å². The van der Waals surface area contributed by atoms with Gasteiger partial charge in [0, 0.05) is 30.5 Å². The lowest BCUT2D eigenvalue weighted by Gasteiger charge is -2.44. The Hall–Kier alpha value is -0.870. The molecule has 1 rings (SSSR count). The van der Waals surface area contributed by atoms with Gasteiger partial charge < -0.3 is 5.32 Å². The zero-order chi connectivity index (χ0) is 15.9. The molecular formula is C17H34N4. The second-order valence-electron chi connectivity index (χ2n) is 6.32. The van der Waals surface area contributed by atoms with Crippen LogP contribution in [-0.2, 0) is 13.5 Å². The number of aromatic nitrogens is 2. The maximum Gasteiger partial charge on any atom is 0.0492 e. The van der Waals surface area contributed by atoms with Crippen molar-refractivity contribution in [3.63, 3.8) is 0 Å². The first-order chi connectivity index (χ1) is 9.97. The van der Waals surface area contributed by atoms with Crippen LogP contribution in [0.2, 0.25) is 0 Å². The van der Waals surface area contributed by atoms with Crippen LogP contribution in [0.4, 0.5) is 0 Å². The normalized spacial score (nSPS) is 13.9. The van der Waals surface area contributed by atoms with Gasteiger partial charge in [-0.05, 0) is 58.8 Å². The lowest BCUT2D eigenvalue weighted by atomic mass is 9.88. The highest BCUT2D eigenvalue weighted by Crippen LogP contribution is 2.22. The fourth-order valence-corrected chi connectivity index (χ4v) is 3.22. The van der Waals surface area contributed by atoms with Crippen molar-refractivity contribution < 1.29 is 0 Å². The summed E-state index contributed by atoms with van der Waals surface area (Å²) in [7, 11) is 2.03. The molecule has 0 saturated heterocycles. The molecule has 4 nitrogen and oxygen atoms in total. The van der Waals surface area contributed by atoms with E-state index < -0.39 is 0 Å². The molecule has 0 radical (unpaired) electrons. The van der Waals surface area contributed by atoms with Crippen molar-refractivity contribution in [1.82, 2.24) is 20.0 Å². The smallest absolute Gasteiger partial charge is 0.0492 e. The van der Waals surface area contributed by atoms with Gasteiger partial charge in [0.15, 0.2) is 0 Å². The van der Waals surface area contributed by atoms with Gasteiger partial charge in [-0.1, -0.05) is 20.8 Å². The van der Waals surface area contributed by atoms with Crippen LogP contribution in [0.3, 0.4) is 0 Å². The summed E-state index contributed by atoms with van der Waals surface area (Å²) in [6.45, 7) is 14.8. The van der Waals surface area contributed by atoms with Gasteiger partial charge in [-0.25, -0.2) is 0 Å². The minimum absolute atomic E-state index is 0.164. The zero-order valence-corrected chi connectivity index (χ0v) is 14.8. The Morgan fingerprint density at radius 2 is 1.95 bits per heavy atom. The standard InChI is InChI=1S/C17H34N4/c1-7-13-18-16(17(4,5)21(8-2)9-3)11-10-15-12-14-19-20(15)6/h12,14,16,18H,7-11,13H2,1-6H3. The number of nitrogens with zero attached hydrogens (tertiary/aromatic N) is 3. The molecule has 0 spiro atoms. The fraction of sp³-hybridized carbons (Fsp3) is 0.824. The number of aryl methyl sites for hydroxylation is 2. The molecule has 0 fully saturated rings. The summed E-state index contributed by atoms with van der Waals surface area (Å²) < 4.78 is 1.99. The number of hydrogen-bond donors (Lipinski definition) is 1. The van der Waals surface area contributed by atoms with Gasteiger partial charge in [0.1, 0.15) is 0 Å². The monoisotopic (exact) mass is 294 g/mol. The van der Waals surface area contributed by atoms with Crippen molar-refractivity contribution in [2.75, 3.05) is 19.6 Å². The summed E-state index contributed by atoms with van der Waals surface area (Å²) in [5.41, 5.74) is 1.48. The van der Waals surface area contributed by atoms with E-state index in [0.717, 1.165) is 32.5 Å². The van der Waals surface area contributed by atoms with Crippen molar-refractivity contribution in [2.45, 2.75) is 65.5 Å². The van der Waals surface area contributed by atoms with Crippen molar-refractivity contribution in [1.29, 1.82) is 0 Å². The van der Waals surface area contributed by atoms with Crippen molar-refractivity contribution in [3.8, 4) is 0 Å². The molecule has 0 saturated carbocycles. The molecule has 4 heteroatoms. The van der Waals surface area contributed by atoms with E-state index in [1.54, 1.807) is 0 Å². The van der Waals surface area contributed by atoms with E-state index in [1.165, 1.54) is 12.1 Å². The molecule has 0 bridgehead atoms. The highest BCUT2D eigenvalue weighted by molar-refractivity contribution is 5.02. The third kappa shape index (κ3) is 4.82. The highest BCUT2D eigenvalue weighted by Gasteiger charge is 2.33. The average molecular weight is 294 g/mol. The van der Waals surface area contributed by atoms with Gasteiger partial charge in [-0.3, -0.25) is 9.58 Å². The minimum atomic E-state index is 0.164. The molecule has 0 amide bonds. The van der Waals surface area contributed by atoms with Crippen molar-refractivity contribution in [3.05, 3.63) is 18.0 Å². The van der Waals surface area contributed by atoms with E-state index in [2.05, 4.69) is 56.0 Å². The predicted molar refractivity (Wildman–Crippen MR) is 90.6 cm³/mol. The van der Waals surface area contributed by atoms with Gasteiger partial charge in [-0.2, -0.15) is 5.10 Å². The molecule has 21 heavy (non-hydrogen) atoms. The summed E-state index contributed by atoms with van der Waals surface area (Å²) in [6, 6.07) is 2.62. The Bertz CT molecular complexity index is 393. The number of rotatable bonds is 10. The Labute approximate surface area is 130 Å². The second-order valence-corrected chi connectivity index (χ2v) is 6.32. The molecule has 0 aromatic carbocycles. The van der Waals surface area contributed by atoms with Crippen LogP contribution in [0.15, 0.2) is 12.3 Å². The second kappa shape index (κ2) is 8.54. The van der Waals surface area contributed by atoms with Crippen molar-refractivity contribution in [2.24, 2.45) is 7.05 Å². The van der Waals surface area contributed by atoms with Crippen LogP contribution in [0.5, 0.6) is 0 Å². The number of likely N-dealkylation sites (N-methyl/N-ethyl adjacent to an activating group) is 1. The first kappa shape index (κ1) is 18.2. The summed E-state index contributed by atoms with van der Waals surface area (Å²) >= 11 is 0. The summed E-state index contributed by atoms with van der Waals surface area (Å²) in [4.78, 5) is 2.56. The lowest BCUT2D eigenvalue weighted by molar-refractivity contribution is 0.0874. The van der Waals surface area contributed by atoms with Crippen LogP contribution in [0.1, 0.15) is 53.2 Å². The van der Waals surface area contributed by atoms with Crippen LogP contribution >= 0.6 is 0 Å². The van der Waals surface area contributed by atoms with Crippen LogP contribution in [0.25, 0.3) is 0 Å². The van der Waals surface area contributed by atoms with E-state index >= 15 is 0 Å². The summed E-state index contributed by atoms with van der Waals surface area (Å²) in [5.74, 6) is 0. The van der Waals surface area contributed by atoms with E-state index in [9.17, 15) is 0 Å². The Kier molecular flexibility index (Phi) is 7.40. The lowest BCUT2D eigenvalue weighted by Crippen LogP contribution is -2.58. The molecule has 0 aliphatic carbocycles. The van der Waals surface area contributed by atoms with E-state index in [4.69, 9.17) is 0 Å². The molecule has 1 atom stereocenters. The first-order valence-corrected chi connectivity index (χ1v) is 8.42. The summed E-state index contributed by atoms with van der Waals surface area (Å²) in [5, 5.41) is 8.04. The molecule has 1 heterocycles. The first-order valence-electron chi connectivity index (χ1n) is 8.42. The molecule has 1 aromatic heterocycles. The number of nitrogens with one attached hydrogen (secondary N) is 1. The minimum Gasteiger partial charge on any atom is -0.312 e. The van der Waals surface area contributed by atoms with Crippen LogP contribution in [0, 0.1) is 0 Å². The Morgan fingerprint density at radius 1 is 1.29 bits per heavy atom. The average Bonchev–Trinajstić information content (AvgIpc) is 2.85. The SMILES string of the molecule is CCCNC(CCc1ccnn1C)C(C)(C)N(CC)CC. The number of hydrogen-bond acceptors (Lipinski definition) is 3. The Morgan fingerprint density at radius 3 is 2.43 bits per heavy atom. The molecular weight excluding hydrogens is 260 g/mol. The van der Waals surface area contributed by atoms with E-state index in [1.807, 2.05) is 17.9 Å². The predicted octanol–water partition coefficient (Wildman–Crippen LogP) is 2.84. The third-order valence-corrected chi connectivity index (χ3v) is 4.68. The molecule has 122 valence electrons. The van der Waals surface area contributed by atoms with Gasteiger partial charge in [0.2, 0.25) is 0 Å². The van der Waals surface area contributed by atoms with E-state index in [0.29, 0.717) is 6.04 Å². The fourth-order valence-electron chi connectivity index (χ4n) is 3.22. The quantitative estimate of drug-likeness (QED) is 0.720. The van der Waals surface area contributed by atoms with Gasteiger partial charge in [0.25, 0.3) is 0 Å². The molecule has 1 N–H and O–H groups in total. The van der Waals surface area contributed by atoms with Gasteiger partial charge >= 0.3 is 0 Å².